The van der Waals surface area contributed by atoms with E-state index in [1.54, 1.807) is 6.08 Å². The van der Waals surface area contributed by atoms with Crippen molar-refractivity contribution in [2.75, 3.05) is 0 Å². The lowest BCUT2D eigenvalue weighted by atomic mass is 9.55. The maximum atomic E-state index is 12.5. The molecule has 0 radical (unpaired) electrons. The summed E-state index contributed by atoms with van der Waals surface area (Å²) < 4.78 is 6.11. The first-order chi connectivity index (χ1) is 10.4. The zero-order valence-corrected chi connectivity index (χ0v) is 12.5. The van der Waals surface area contributed by atoms with E-state index in [9.17, 15) is 14.4 Å². The Kier molecular flexibility index (Phi) is 1.99. The normalized spacial score (nSPS) is 49.8. The molecule has 5 aliphatic rings. The van der Waals surface area contributed by atoms with Crippen molar-refractivity contribution in [2.45, 2.75) is 32.5 Å². The van der Waals surface area contributed by atoms with Crippen LogP contribution in [-0.4, -0.2) is 29.8 Å². The largest absolute Gasteiger partial charge is 0.361 e. The van der Waals surface area contributed by atoms with Crippen LogP contribution < -0.4 is 5.32 Å². The average molecular weight is 299 g/mol. The number of carbonyl (C=O) groups excluding carboxylic acids is 3. The first-order valence-electron chi connectivity index (χ1n) is 7.82. The lowest BCUT2D eigenvalue weighted by molar-refractivity contribution is -0.168. The topological polar surface area (TPSA) is 72.5 Å². The second-order valence-corrected chi connectivity index (χ2v) is 7.77. The summed E-state index contributed by atoms with van der Waals surface area (Å²) >= 11 is 0. The minimum Gasteiger partial charge on any atom is -0.361 e. The number of nitrogens with one attached hydrogen (secondary N) is 1. The van der Waals surface area contributed by atoms with Gasteiger partial charge in [-0.05, 0) is 18.4 Å². The van der Waals surface area contributed by atoms with Gasteiger partial charge in [-0.15, -0.1) is 0 Å². The predicted octanol–water partition coefficient (Wildman–Crippen LogP) is 0.754. The number of fused-ring (bicyclic) bond motifs is 5. The van der Waals surface area contributed by atoms with Gasteiger partial charge in [0, 0.05) is 10.8 Å². The Morgan fingerprint density at radius 3 is 2.77 bits per heavy atom. The number of carbonyl (C=O) groups is 3. The molecule has 0 unspecified atom stereocenters. The summed E-state index contributed by atoms with van der Waals surface area (Å²) in [6.07, 6.45) is 5.49. The number of ketones is 1. The predicted molar refractivity (Wildman–Crippen MR) is 75.3 cm³/mol. The molecule has 3 aliphatic heterocycles. The van der Waals surface area contributed by atoms with Gasteiger partial charge in [-0.2, -0.15) is 0 Å². The first kappa shape index (κ1) is 12.8. The number of hydrogen-bond acceptors (Lipinski definition) is 4. The van der Waals surface area contributed by atoms with Gasteiger partial charge in [-0.3, -0.25) is 19.7 Å². The lowest BCUT2D eigenvalue weighted by Gasteiger charge is -2.55. The van der Waals surface area contributed by atoms with Gasteiger partial charge in [0.15, 0.2) is 5.78 Å². The average Bonchev–Trinajstić information content (AvgIpc) is 3.08. The molecule has 6 atom stereocenters. The van der Waals surface area contributed by atoms with Crippen molar-refractivity contribution in [1.29, 1.82) is 0 Å². The van der Waals surface area contributed by atoms with Crippen molar-refractivity contribution in [1.82, 2.24) is 5.32 Å². The molecule has 2 amide bonds. The van der Waals surface area contributed by atoms with Crippen molar-refractivity contribution in [3.63, 3.8) is 0 Å². The number of hydrogen-bond donors (Lipinski definition) is 1. The minimum absolute atomic E-state index is 0.0430. The fraction of sp³-hybridized carbons (Fsp3) is 0.588. The van der Waals surface area contributed by atoms with Gasteiger partial charge in [0.05, 0.1) is 17.9 Å². The van der Waals surface area contributed by atoms with E-state index in [1.807, 2.05) is 6.08 Å². The molecule has 0 aromatic carbocycles. The minimum atomic E-state index is -0.632. The molecule has 4 bridgehead atoms. The highest BCUT2D eigenvalue weighted by Gasteiger charge is 2.74. The summed E-state index contributed by atoms with van der Waals surface area (Å²) in [6.45, 7) is 4.21. The van der Waals surface area contributed by atoms with Gasteiger partial charge >= 0.3 is 0 Å². The van der Waals surface area contributed by atoms with Crippen LogP contribution in [0.1, 0.15) is 20.3 Å². The molecule has 3 heterocycles. The molecule has 0 aromatic rings. The second kappa shape index (κ2) is 3.43. The van der Waals surface area contributed by atoms with E-state index in [0.29, 0.717) is 6.42 Å². The molecule has 5 rings (SSSR count). The van der Waals surface area contributed by atoms with E-state index in [0.717, 1.165) is 5.57 Å². The highest BCUT2D eigenvalue weighted by atomic mass is 16.5. The SMILES string of the molecule is CC1(C)C2=C[C@@H]3C[C@@]2([C@H]2O[C@@H]1C=CC2=O)[C@H]1C(=O)NC(=O)[C@@H]31. The molecule has 1 N–H and O–H groups in total. The van der Waals surface area contributed by atoms with Crippen molar-refractivity contribution in [2.24, 2.45) is 28.6 Å². The summed E-state index contributed by atoms with van der Waals surface area (Å²) in [6, 6.07) is 0. The molecule has 22 heavy (non-hydrogen) atoms. The van der Waals surface area contributed by atoms with E-state index in [2.05, 4.69) is 25.2 Å². The molecule has 0 aromatic heterocycles. The van der Waals surface area contributed by atoms with Crippen LogP contribution in [0, 0.1) is 28.6 Å². The summed E-state index contributed by atoms with van der Waals surface area (Å²) in [5, 5.41) is 2.47. The Balaban J connectivity index is 1.78. The number of rotatable bonds is 0. The van der Waals surface area contributed by atoms with Crippen LogP contribution in [0.15, 0.2) is 23.8 Å². The zero-order valence-electron chi connectivity index (χ0n) is 12.5. The van der Waals surface area contributed by atoms with Crippen LogP contribution >= 0.6 is 0 Å². The lowest BCUT2D eigenvalue weighted by Crippen LogP contribution is -2.60. The van der Waals surface area contributed by atoms with Crippen LogP contribution in [0.2, 0.25) is 0 Å². The number of ether oxygens (including phenoxy) is 1. The van der Waals surface area contributed by atoms with E-state index in [1.165, 1.54) is 0 Å². The van der Waals surface area contributed by atoms with Crippen molar-refractivity contribution >= 4 is 17.6 Å². The number of amides is 2. The Labute approximate surface area is 127 Å². The van der Waals surface area contributed by atoms with Gasteiger partial charge < -0.3 is 4.74 Å². The Morgan fingerprint density at radius 2 is 2.00 bits per heavy atom. The summed E-state index contributed by atoms with van der Waals surface area (Å²) in [5.74, 6) is -1.24. The summed E-state index contributed by atoms with van der Waals surface area (Å²) in [7, 11) is 0. The van der Waals surface area contributed by atoms with E-state index >= 15 is 0 Å². The maximum absolute atomic E-state index is 12.5. The molecule has 5 heteroatoms. The monoisotopic (exact) mass is 299 g/mol. The molecule has 3 fully saturated rings. The maximum Gasteiger partial charge on any atom is 0.231 e. The van der Waals surface area contributed by atoms with Gasteiger partial charge in [0.1, 0.15) is 6.10 Å². The Bertz CT molecular complexity index is 718. The molecule has 5 nitrogen and oxygen atoms in total. The standard InChI is InChI=1S/C17H17NO4/c1-16(2)9-5-7-6-17(9,12-11(7)14(20)18-15(12)21)13-8(19)3-4-10(16)22-13/h3-5,7,10-13H,6H2,1-2H3,(H,18,20,21)/t7-,10-,11+,12-,13+,17+/m1/s1. The smallest absolute Gasteiger partial charge is 0.231 e. The van der Waals surface area contributed by atoms with Crippen LogP contribution in [0.5, 0.6) is 0 Å². The molecule has 2 saturated heterocycles. The summed E-state index contributed by atoms with van der Waals surface area (Å²) in [4.78, 5) is 37.0. The molecule has 114 valence electrons. The van der Waals surface area contributed by atoms with E-state index < -0.39 is 17.4 Å². The van der Waals surface area contributed by atoms with Crippen LogP contribution in [0.3, 0.4) is 0 Å². The van der Waals surface area contributed by atoms with Crippen molar-refractivity contribution in [3.05, 3.63) is 23.8 Å². The fourth-order valence-electron chi connectivity index (χ4n) is 5.74. The highest BCUT2D eigenvalue weighted by molar-refractivity contribution is 6.08. The highest BCUT2D eigenvalue weighted by Crippen LogP contribution is 2.70. The van der Waals surface area contributed by atoms with Crippen molar-refractivity contribution in [3.8, 4) is 0 Å². The van der Waals surface area contributed by atoms with Gasteiger partial charge in [0.2, 0.25) is 11.8 Å². The van der Waals surface area contributed by atoms with E-state index in [4.69, 9.17) is 4.74 Å². The number of allylic oxidation sites excluding steroid dienone is 1. The Morgan fingerprint density at radius 1 is 1.23 bits per heavy atom. The third-order valence-corrected chi connectivity index (χ3v) is 6.51. The van der Waals surface area contributed by atoms with E-state index in [-0.39, 0.29) is 41.0 Å². The van der Waals surface area contributed by atoms with Crippen LogP contribution in [-0.2, 0) is 19.1 Å². The second-order valence-electron chi connectivity index (χ2n) is 7.77. The molecular weight excluding hydrogens is 282 g/mol. The molecular formula is C17H17NO4. The quantitative estimate of drug-likeness (QED) is 0.529. The fourth-order valence-corrected chi connectivity index (χ4v) is 5.74. The zero-order chi connectivity index (χ0) is 15.4. The van der Waals surface area contributed by atoms with Crippen LogP contribution in [0.4, 0.5) is 0 Å². The third kappa shape index (κ3) is 1.10. The number of imide groups is 1. The summed E-state index contributed by atoms with van der Waals surface area (Å²) in [5.41, 5.74) is 0.252. The molecule has 1 saturated carbocycles. The van der Waals surface area contributed by atoms with Gasteiger partial charge in [0.25, 0.3) is 0 Å². The molecule has 2 aliphatic carbocycles. The first-order valence-corrected chi connectivity index (χ1v) is 7.82. The molecule has 1 spiro atoms. The van der Waals surface area contributed by atoms with Crippen molar-refractivity contribution < 1.29 is 19.1 Å². The third-order valence-electron chi connectivity index (χ3n) is 6.51. The Hall–Kier alpha value is -1.75. The van der Waals surface area contributed by atoms with Gasteiger partial charge in [-0.25, -0.2) is 0 Å². The van der Waals surface area contributed by atoms with Gasteiger partial charge in [-0.1, -0.05) is 31.6 Å². The van der Waals surface area contributed by atoms with Crippen LogP contribution in [0.25, 0.3) is 0 Å².